The molecule has 0 aromatic heterocycles. The fraction of sp³-hybridized carbons (Fsp3) is 0.625. The number of carbonyl (C=O) groups excluding carboxylic acids is 1. The normalized spacial score (nSPS) is 20.1. The first-order valence-electron chi connectivity index (χ1n) is 7.38. The maximum atomic E-state index is 9.87. The van der Waals surface area contributed by atoms with Crippen LogP contribution < -0.4 is 0 Å². The van der Waals surface area contributed by atoms with Crippen LogP contribution in [0.4, 0.5) is 0 Å². The van der Waals surface area contributed by atoms with Crippen LogP contribution in [-0.4, -0.2) is 36.4 Å². The van der Waals surface area contributed by atoms with E-state index in [1.807, 2.05) is 0 Å². The van der Waals surface area contributed by atoms with Gasteiger partial charge in [-0.2, -0.15) is 0 Å². The van der Waals surface area contributed by atoms with Crippen molar-refractivity contribution in [1.82, 2.24) is 0 Å². The lowest BCUT2D eigenvalue weighted by Crippen LogP contribution is -1.91. The Kier molecular flexibility index (Phi) is 12.3. The second-order valence-corrected chi connectivity index (χ2v) is 4.58. The molecule has 0 bridgehead atoms. The molecule has 2 atom stereocenters. The molecule has 2 unspecified atom stereocenters. The molecular weight excluding hydrogens is 272 g/mol. The predicted molar refractivity (Wildman–Crippen MR) is 81.0 cm³/mol. The van der Waals surface area contributed by atoms with E-state index in [0.717, 1.165) is 6.42 Å². The van der Waals surface area contributed by atoms with Crippen molar-refractivity contribution in [2.45, 2.75) is 58.2 Å². The van der Waals surface area contributed by atoms with Crippen LogP contribution in [0.25, 0.3) is 0 Å². The van der Waals surface area contributed by atoms with Crippen LogP contribution in [0.1, 0.15) is 46.0 Å². The smallest absolute Gasteiger partial charge is 0.307 e. The minimum atomic E-state index is -0.901. The van der Waals surface area contributed by atoms with Gasteiger partial charge in [0.25, 0.3) is 6.47 Å². The van der Waals surface area contributed by atoms with Crippen LogP contribution in [0, 0.1) is 0 Å². The summed E-state index contributed by atoms with van der Waals surface area (Å²) in [5.74, 6) is -0.901. The standard InChI is InChI=1S/C10H18O.C6H8O4/c1-3-5-6-7-8-10-9(4-2)11-10;7-5-10-4-2-1-3-6(8)9/h5-6,9-10H,3-4,7-8H2,1-2H3;1-2,5H,3-4H2,(H,8,9)/b6-5-;2-1-. The highest BCUT2D eigenvalue weighted by Crippen LogP contribution is 2.28. The summed E-state index contributed by atoms with van der Waals surface area (Å²) in [5.41, 5.74) is 0. The average molecular weight is 298 g/mol. The number of ether oxygens (including phenoxy) is 2. The number of aliphatic carboxylic acids is 1. The number of carbonyl (C=O) groups is 2. The zero-order valence-electron chi connectivity index (χ0n) is 12.9. The van der Waals surface area contributed by atoms with Crippen molar-refractivity contribution in [1.29, 1.82) is 0 Å². The highest BCUT2D eigenvalue weighted by Gasteiger charge is 2.35. The molecule has 1 aliphatic rings. The molecule has 0 spiro atoms. The quantitative estimate of drug-likeness (QED) is 0.290. The minimum Gasteiger partial charge on any atom is -0.481 e. The Balaban J connectivity index is 0.000000384. The Morgan fingerprint density at radius 3 is 2.48 bits per heavy atom. The lowest BCUT2D eigenvalue weighted by atomic mass is 10.1. The number of allylic oxidation sites excluding steroid dienone is 2. The summed E-state index contributed by atoms with van der Waals surface area (Å²) in [4.78, 5) is 19.4. The zero-order valence-corrected chi connectivity index (χ0v) is 12.9. The van der Waals surface area contributed by atoms with Crippen molar-refractivity contribution in [3.8, 4) is 0 Å². The van der Waals surface area contributed by atoms with Gasteiger partial charge in [0.1, 0.15) is 6.61 Å². The molecule has 1 heterocycles. The van der Waals surface area contributed by atoms with E-state index < -0.39 is 5.97 Å². The summed E-state index contributed by atoms with van der Waals surface area (Å²) in [7, 11) is 0. The van der Waals surface area contributed by atoms with Gasteiger partial charge in [-0.3, -0.25) is 9.59 Å². The molecule has 1 aliphatic heterocycles. The van der Waals surface area contributed by atoms with Gasteiger partial charge in [-0.15, -0.1) is 0 Å². The first-order chi connectivity index (χ1) is 10.2. The van der Waals surface area contributed by atoms with Gasteiger partial charge in [0.2, 0.25) is 0 Å². The van der Waals surface area contributed by atoms with Crippen molar-refractivity contribution in [2.75, 3.05) is 6.61 Å². The lowest BCUT2D eigenvalue weighted by Gasteiger charge is -1.88. The Bertz CT molecular complexity index is 336. The van der Waals surface area contributed by atoms with Crippen molar-refractivity contribution >= 4 is 12.4 Å². The third-order valence-electron chi connectivity index (χ3n) is 2.83. The number of rotatable bonds is 10. The predicted octanol–water partition coefficient (Wildman–Crippen LogP) is 3.10. The van der Waals surface area contributed by atoms with Gasteiger partial charge in [-0.25, -0.2) is 0 Å². The zero-order chi connectivity index (χ0) is 15.9. The van der Waals surface area contributed by atoms with E-state index in [4.69, 9.17) is 9.84 Å². The molecule has 1 fully saturated rings. The molecule has 0 radical (unpaired) electrons. The van der Waals surface area contributed by atoms with E-state index >= 15 is 0 Å². The topological polar surface area (TPSA) is 76.1 Å². The minimum absolute atomic E-state index is 0.0395. The summed E-state index contributed by atoms with van der Waals surface area (Å²) in [5, 5.41) is 8.11. The molecule has 21 heavy (non-hydrogen) atoms. The molecule has 0 saturated carbocycles. The van der Waals surface area contributed by atoms with Crippen LogP contribution in [-0.2, 0) is 19.1 Å². The molecule has 0 aromatic carbocycles. The molecule has 1 rings (SSSR count). The number of hydrogen-bond donors (Lipinski definition) is 1. The van der Waals surface area contributed by atoms with E-state index in [0.29, 0.717) is 18.7 Å². The fourth-order valence-electron chi connectivity index (χ4n) is 1.68. The number of epoxide rings is 1. The van der Waals surface area contributed by atoms with Gasteiger partial charge in [0.05, 0.1) is 18.6 Å². The van der Waals surface area contributed by atoms with Gasteiger partial charge in [-0.1, -0.05) is 38.2 Å². The monoisotopic (exact) mass is 298 g/mol. The molecule has 5 heteroatoms. The van der Waals surface area contributed by atoms with Crippen LogP contribution in [0.2, 0.25) is 0 Å². The molecule has 0 aliphatic carbocycles. The molecule has 0 amide bonds. The summed E-state index contributed by atoms with van der Waals surface area (Å²) >= 11 is 0. The van der Waals surface area contributed by atoms with E-state index in [1.54, 1.807) is 0 Å². The van der Waals surface area contributed by atoms with Gasteiger partial charge >= 0.3 is 5.97 Å². The van der Waals surface area contributed by atoms with Gasteiger partial charge < -0.3 is 14.6 Å². The maximum Gasteiger partial charge on any atom is 0.307 e. The van der Waals surface area contributed by atoms with E-state index in [2.05, 4.69) is 30.7 Å². The Hall–Kier alpha value is -1.62. The van der Waals surface area contributed by atoms with Crippen LogP contribution >= 0.6 is 0 Å². The van der Waals surface area contributed by atoms with Crippen molar-refractivity contribution in [2.24, 2.45) is 0 Å². The molecule has 0 aromatic rings. The van der Waals surface area contributed by atoms with Gasteiger partial charge in [0, 0.05) is 0 Å². The molecule has 1 N–H and O–H groups in total. The molecular formula is C16H26O5. The van der Waals surface area contributed by atoms with Crippen LogP contribution in [0.15, 0.2) is 24.3 Å². The second-order valence-electron chi connectivity index (χ2n) is 4.58. The SMILES string of the molecule is CC/C=C\CCC1OC1CC.O=COC/C=C\CC(=O)O. The third kappa shape index (κ3) is 13.1. The molecule has 1 saturated heterocycles. The first kappa shape index (κ1) is 19.4. The van der Waals surface area contributed by atoms with E-state index in [-0.39, 0.29) is 13.0 Å². The van der Waals surface area contributed by atoms with Crippen LogP contribution in [0.3, 0.4) is 0 Å². The van der Waals surface area contributed by atoms with Gasteiger partial charge in [-0.05, 0) is 25.7 Å². The summed E-state index contributed by atoms with van der Waals surface area (Å²) < 4.78 is 9.67. The molecule has 5 nitrogen and oxygen atoms in total. The molecule has 120 valence electrons. The highest BCUT2D eigenvalue weighted by atomic mass is 16.6. The Morgan fingerprint density at radius 1 is 1.19 bits per heavy atom. The summed E-state index contributed by atoms with van der Waals surface area (Å²) in [6, 6.07) is 0. The Labute approximate surface area is 126 Å². The van der Waals surface area contributed by atoms with Crippen molar-refractivity contribution in [3.05, 3.63) is 24.3 Å². The average Bonchev–Trinajstić information content (AvgIpc) is 3.22. The van der Waals surface area contributed by atoms with Crippen molar-refractivity contribution in [3.63, 3.8) is 0 Å². The number of hydrogen-bond acceptors (Lipinski definition) is 4. The second kappa shape index (κ2) is 13.4. The first-order valence-corrected chi connectivity index (χ1v) is 7.38. The fourth-order valence-corrected chi connectivity index (χ4v) is 1.68. The third-order valence-corrected chi connectivity index (χ3v) is 2.83. The van der Waals surface area contributed by atoms with Crippen LogP contribution in [0.5, 0.6) is 0 Å². The number of carboxylic acid groups (broad SMARTS) is 1. The van der Waals surface area contributed by atoms with E-state index in [9.17, 15) is 9.59 Å². The lowest BCUT2D eigenvalue weighted by molar-refractivity contribution is -0.136. The highest BCUT2D eigenvalue weighted by molar-refractivity contribution is 5.68. The van der Waals surface area contributed by atoms with Crippen molar-refractivity contribution < 1.29 is 24.2 Å². The Morgan fingerprint density at radius 2 is 1.95 bits per heavy atom. The van der Waals surface area contributed by atoms with Gasteiger partial charge in [0.15, 0.2) is 0 Å². The summed E-state index contributed by atoms with van der Waals surface area (Å²) in [6.07, 6.45) is 13.3. The largest absolute Gasteiger partial charge is 0.481 e. The maximum absolute atomic E-state index is 9.87. The summed E-state index contributed by atoms with van der Waals surface area (Å²) in [6.45, 7) is 4.80. The van der Waals surface area contributed by atoms with E-state index in [1.165, 1.54) is 31.4 Å². The number of carboxylic acids is 1.